The number of carbonyl (C=O) groups is 1. The lowest BCUT2D eigenvalue weighted by molar-refractivity contribution is 0.132. The molecule has 4 aromatic rings. The summed E-state index contributed by atoms with van der Waals surface area (Å²) in [7, 11) is -4.11. The Morgan fingerprint density at radius 2 is 1.92 bits per heavy atom. The van der Waals surface area contributed by atoms with E-state index in [1.54, 1.807) is 12.1 Å². The van der Waals surface area contributed by atoms with E-state index in [1.165, 1.54) is 23.2 Å². The van der Waals surface area contributed by atoms with Crippen LogP contribution in [0, 0.1) is 18.6 Å². The van der Waals surface area contributed by atoms with Crippen LogP contribution in [-0.2, 0) is 10.0 Å². The number of piperidine rings is 1. The third-order valence-electron chi connectivity index (χ3n) is 6.17. The molecule has 37 heavy (non-hydrogen) atoms. The second-order valence-corrected chi connectivity index (χ2v) is 10.6. The van der Waals surface area contributed by atoms with Crippen LogP contribution in [0.2, 0.25) is 0 Å². The van der Waals surface area contributed by atoms with Crippen LogP contribution in [0.15, 0.2) is 53.8 Å². The molecule has 10 nitrogen and oxygen atoms in total. The predicted octanol–water partition coefficient (Wildman–Crippen LogP) is 3.87. The van der Waals surface area contributed by atoms with Crippen molar-refractivity contribution in [1.82, 2.24) is 23.8 Å². The molecule has 0 spiro atoms. The number of halogens is 2. The molecule has 0 radical (unpaired) electrons. The van der Waals surface area contributed by atoms with Gasteiger partial charge in [-0.1, -0.05) is 17.7 Å². The molecule has 13 heteroatoms. The Labute approximate surface area is 210 Å². The lowest BCUT2D eigenvalue weighted by atomic mass is 10.1. The lowest BCUT2D eigenvalue weighted by Gasteiger charge is -2.31. The first kappa shape index (κ1) is 24.6. The lowest BCUT2D eigenvalue weighted by Crippen LogP contribution is -2.44. The molecule has 0 unspecified atom stereocenters. The highest BCUT2D eigenvalue weighted by molar-refractivity contribution is 7.90. The molecule has 5 rings (SSSR count). The number of nitrogens with one attached hydrogen (secondary N) is 1. The predicted molar refractivity (Wildman–Crippen MR) is 131 cm³/mol. The van der Waals surface area contributed by atoms with Gasteiger partial charge in [-0.2, -0.15) is 0 Å². The van der Waals surface area contributed by atoms with E-state index >= 15 is 0 Å². The molecule has 192 valence electrons. The van der Waals surface area contributed by atoms with Gasteiger partial charge in [0.05, 0.1) is 17.3 Å². The van der Waals surface area contributed by atoms with Gasteiger partial charge < -0.3 is 15.3 Å². The largest absolute Gasteiger partial charge is 0.465 e. The number of aromatic nitrogens is 4. The van der Waals surface area contributed by atoms with Gasteiger partial charge >= 0.3 is 6.09 Å². The monoisotopic (exact) mass is 528 g/mol. The van der Waals surface area contributed by atoms with Crippen LogP contribution in [0.25, 0.3) is 22.4 Å². The maximum Gasteiger partial charge on any atom is 0.407 e. The van der Waals surface area contributed by atoms with Crippen molar-refractivity contribution in [3.63, 3.8) is 0 Å². The zero-order valence-corrected chi connectivity index (χ0v) is 20.4. The summed E-state index contributed by atoms with van der Waals surface area (Å²) >= 11 is 0. The molecule has 0 aliphatic carbocycles. The summed E-state index contributed by atoms with van der Waals surface area (Å²) in [5.74, 6) is -1.69. The molecule has 0 bridgehead atoms. The molecule has 0 saturated carbocycles. The van der Waals surface area contributed by atoms with E-state index in [-0.39, 0.29) is 45.7 Å². The van der Waals surface area contributed by atoms with Crippen LogP contribution in [0.5, 0.6) is 0 Å². The third kappa shape index (κ3) is 4.69. The Kier molecular flexibility index (Phi) is 6.23. The summed E-state index contributed by atoms with van der Waals surface area (Å²) in [6.07, 6.45) is 3.20. The molecular formula is C24H22F2N6O4S. The Bertz CT molecular complexity index is 1610. The summed E-state index contributed by atoms with van der Waals surface area (Å²) < 4.78 is 56.6. The minimum Gasteiger partial charge on any atom is -0.465 e. The van der Waals surface area contributed by atoms with Crippen molar-refractivity contribution >= 4 is 33.0 Å². The van der Waals surface area contributed by atoms with E-state index in [2.05, 4.69) is 20.3 Å². The van der Waals surface area contributed by atoms with Crippen LogP contribution in [0.4, 0.5) is 19.4 Å². The molecule has 2 N–H and O–H groups in total. The summed E-state index contributed by atoms with van der Waals surface area (Å²) in [5, 5.41) is 12.3. The highest BCUT2D eigenvalue weighted by atomic mass is 32.2. The number of fused-ring (bicyclic) bond motifs is 1. The maximum absolute atomic E-state index is 14.6. The molecule has 4 heterocycles. The zero-order valence-electron chi connectivity index (χ0n) is 19.6. The van der Waals surface area contributed by atoms with Gasteiger partial charge in [-0.3, -0.25) is 0 Å². The summed E-state index contributed by atoms with van der Waals surface area (Å²) in [6.45, 7) is 2.36. The first-order chi connectivity index (χ1) is 17.6. The summed E-state index contributed by atoms with van der Waals surface area (Å²) in [4.78, 5) is 24.8. The van der Waals surface area contributed by atoms with Crippen molar-refractivity contribution < 1.29 is 27.1 Å². The average molecular weight is 529 g/mol. The Morgan fingerprint density at radius 3 is 2.65 bits per heavy atom. The van der Waals surface area contributed by atoms with Gasteiger partial charge in [-0.15, -0.1) is 0 Å². The fourth-order valence-electron chi connectivity index (χ4n) is 4.30. The molecule has 3 aromatic heterocycles. The molecule has 1 atom stereocenters. The van der Waals surface area contributed by atoms with E-state index in [1.807, 2.05) is 6.92 Å². The Hall–Kier alpha value is -4.13. The van der Waals surface area contributed by atoms with E-state index < -0.39 is 27.8 Å². The zero-order chi connectivity index (χ0) is 26.3. The van der Waals surface area contributed by atoms with Gasteiger partial charge in [-0.05, 0) is 38.0 Å². The van der Waals surface area contributed by atoms with Crippen LogP contribution in [0.3, 0.4) is 0 Å². The summed E-state index contributed by atoms with van der Waals surface area (Å²) in [5.41, 5.74) is 0.974. The molecule has 1 aromatic carbocycles. The number of benzene rings is 1. The van der Waals surface area contributed by atoms with Gasteiger partial charge in [0.25, 0.3) is 10.0 Å². The van der Waals surface area contributed by atoms with Crippen LogP contribution in [-0.4, -0.2) is 62.6 Å². The smallest absolute Gasteiger partial charge is 0.407 e. The quantitative estimate of drug-likeness (QED) is 0.399. The van der Waals surface area contributed by atoms with Gasteiger partial charge in [0, 0.05) is 36.3 Å². The van der Waals surface area contributed by atoms with Crippen LogP contribution in [0.1, 0.15) is 18.4 Å². The highest BCUT2D eigenvalue weighted by Gasteiger charge is 2.27. The Balaban J connectivity index is 1.57. The van der Waals surface area contributed by atoms with Gasteiger partial charge in [0.2, 0.25) is 0 Å². The molecular weight excluding hydrogens is 506 g/mol. The van der Waals surface area contributed by atoms with E-state index in [0.29, 0.717) is 19.4 Å². The van der Waals surface area contributed by atoms with Gasteiger partial charge in [-0.25, -0.2) is 40.9 Å². The van der Waals surface area contributed by atoms with Crippen LogP contribution >= 0.6 is 0 Å². The minimum absolute atomic E-state index is 0.00957. The number of hydrogen-bond acceptors (Lipinski definition) is 7. The topological polar surface area (TPSA) is 130 Å². The van der Waals surface area contributed by atoms with Crippen molar-refractivity contribution in [2.24, 2.45) is 0 Å². The van der Waals surface area contributed by atoms with E-state index in [0.717, 1.165) is 28.0 Å². The number of rotatable bonds is 5. The number of amides is 1. The van der Waals surface area contributed by atoms with Gasteiger partial charge in [0.1, 0.15) is 5.82 Å². The maximum atomic E-state index is 14.6. The number of anilines is 1. The highest BCUT2D eigenvalue weighted by Crippen LogP contribution is 2.32. The molecule has 1 amide bonds. The van der Waals surface area contributed by atoms with Crippen LogP contribution < -0.4 is 5.32 Å². The number of nitrogens with zero attached hydrogens (tertiary/aromatic N) is 5. The van der Waals surface area contributed by atoms with Crippen molar-refractivity contribution in [2.45, 2.75) is 30.7 Å². The second-order valence-electron chi connectivity index (χ2n) is 8.78. The molecule has 1 aliphatic rings. The number of likely N-dealkylation sites (tertiary alicyclic amines) is 1. The van der Waals surface area contributed by atoms with Crippen molar-refractivity contribution in [2.75, 3.05) is 18.4 Å². The first-order valence-corrected chi connectivity index (χ1v) is 12.8. The number of pyridine rings is 1. The third-order valence-corrected chi connectivity index (χ3v) is 7.84. The van der Waals surface area contributed by atoms with E-state index in [4.69, 9.17) is 0 Å². The standard InChI is InChI=1S/C24H22F2N6O4S/c1-14-4-6-17(7-5-14)37(35,36)32-13-19(18-9-15(25)10-28-23(18)32)21-27-11-20(26)22(30-21)29-16-3-2-8-31(12-16)24(33)34/h4-7,9-11,13,16H,2-3,8,12H2,1H3,(H,33,34)(H,27,29,30)/t16-/m1/s1. The molecule has 1 aliphatic heterocycles. The van der Waals surface area contributed by atoms with Gasteiger partial charge in [0.15, 0.2) is 23.1 Å². The average Bonchev–Trinajstić information content (AvgIpc) is 3.25. The van der Waals surface area contributed by atoms with Crippen molar-refractivity contribution in [3.8, 4) is 11.4 Å². The number of carboxylic acid groups (broad SMARTS) is 1. The fourth-order valence-corrected chi connectivity index (χ4v) is 5.62. The Morgan fingerprint density at radius 1 is 1.16 bits per heavy atom. The fraction of sp³-hybridized carbons (Fsp3) is 0.250. The number of hydrogen-bond donors (Lipinski definition) is 2. The van der Waals surface area contributed by atoms with E-state index in [9.17, 15) is 27.1 Å². The van der Waals surface area contributed by atoms with Crippen molar-refractivity contribution in [1.29, 1.82) is 0 Å². The summed E-state index contributed by atoms with van der Waals surface area (Å²) in [6, 6.07) is 6.96. The van der Waals surface area contributed by atoms with Crippen molar-refractivity contribution in [3.05, 3.63) is 66.1 Å². The second kappa shape index (κ2) is 9.39. The minimum atomic E-state index is -4.11. The SMILES string of the molecule is Cc1ccc(S(=O)(=O)n2cc(-c3ncc(F)c(N[C@@H]4CCCN(C(=O)O)C4)n3)c3cc(F)cnc32)cc1. The molecule has 1 fully saturated rings. The number of aryl methyl sites for hydroxylation is 1. The first-order valence-electron chi connectivity index (χ1n) is 11.4. The molecule has 1 saturated heterocycles. The normalized spacial score (nSPS) is 16.2.